The summed E-state index contributed by atoms with van der Waals surface area (Å²) in [4.78, 5) is 12.9. The lowest BCUT2D eigenvalue weighted by Gasteiger charge is -2.11. The highest BCUT2D eigenvalue weighted by Crippen LogP contribution is 2.34. The van der Waals surface area contributed by atoms with Crippen LogP contribution in [0.25, 0.3) is 0 Å². The first-order valence-electron chi connectivity index (χ1n) is 6.31. The Balaban J connectivity index is 2.15. The van der Waals surface area contributed by atoms with Crippen LogP contribution in [-0.4, -0.2) is 12.5 Å². The lowest BCUT2D eigenvalue weighted by Crippen LogP contribution is -2.22. The molecule has 2 rings (SSSR count). The Labute approximate surface area is 111 Å². The van der Waals surface area contributed by atoms with E-state index in [2.05, 4.69) is 23.6 Å². The standard InChI is InChI=1S/C13H17N3OS/c1-2-3-4-12(17)16-13-10(7-14)9-5-6-15-8-11(9)18-13/h15H,2-6,8H2,1H3,(H,16,17). The maximum atomic E-state index is 11.7. The van der Waals surface area contributed by atoms with Gasteiger partial charge in [-0.05, 0) is 24.9 Å². The largest absolute Gasteiger partial charge is 0.317 e. The maximum Gasteiger partial charge on any atom is 0.225 e. The zero-order chi connectivity index (χ0) is 13.0. The summed E-state index contributed by atoms with van der Waals surface area (Å²) in [6.45, 7) is 3.77. The van der Waals surface area contributed by atoms with Crippen molar-refractivity contribution in [2.24, 2.45) is 0 Å². The molecule has 1 aliphatic rings. The van der Waals surface area contributed by atoms with Crippen LogP contribution in [0, 0.1) is 11.3 Å². The molecule has 2 heterocycles. The molecule has 0 radical (unpaired) electrons. The fourth-order valence-electron chi connectivity index (χ4n) is 2.07. The number of carbonyl (C=O) groups is 1. The van der Waals surface area contributed by atoms with Crippen LogP contribution in [-0.2, 0) is 17.8 Å². The van der Waals surface area contributed by atoms with Crippen LogP contribution < -0.4 is 10.6 Å². The molecule has 0 unspecified atom stereocenters. The molecular formula is C13H17N3OS. The van der Waals surface area contributed by atoms with Crippen LogP contribution in [0.2, 0.25) is 0 Å². The maximum absolute atomic E-state index is 11.7. The van der Waals surface area contributed by atoms with E-state index in [4.69, 9.17) is 0 Å². The van der Waals surface area contributed by atoms with Crippen LogP contribution >= 0.6 is 11.3 Å². The van der Waals surface area contributed by atoms with Gasteiger partial charge in [0.05, 0.1) is 5.56 Å². The SMILES string of the molecule is CCCCC(=O)Nc1sc2c(c1C#N)CCNC2. The smallest absolute Gasteiger partial charge is 0.225 e. The third kappa shape index (κ3) is 2.71. The van der Waals surface area contributed by atoms with Crippen molar-refractivity contribution in [2.45, 2.75) is 39.2 Å². The summed E-state index contributed by atoms with van der Waals surface area (Å²) >= 11 is 1.53. The van der Waals surface area contributed by atoms with E-state index in [1.807, 2.05) is 0 Å². The van der Waals surface area contributed by atoms with Gasteiger partial charge >= 0.3 is 0 Å². The number of hydrogen-bond acceptors (Lipinski definition) is 4. The van der Waals surface area contributed by atoms with Crippen LogP contribution in [0.4, 0.5) is 5.00 Å². The van der Waals surface area contributed by atoms with E-state index in [0.29, 0.717) is 12.0 Å². The summed E-state index contributed by atoms with van der Waals surface area (Å²) in [6, 6.07) is 2.23. The highest BCUT2D eigenvalue weighted by Gasteiger charge is 2.21. The van der Waals surface area contributed by atoms with Crippen LogP contribution in [0.5, 0.6) is 0 Å². The van der Waals surface area contributed by atoms with Gasteiger partial charge in [-0.15, -0.1) is 11.3 Å². The average molecular weight is 263 g/mol. The fourth-order valence-corrected chi connectivity index (χ4v) is 3.25. The lowest BCUT2D eigenvalue weighted by molar-refractivity contribution is -0.116. The second-order valence-corrected chi connectivity index (χ2v) is 5.50. The summed E-state index contributed by atoms with van der Waals surface area (Å²) < 4.78 is 0. The van der Waals surface area contributed by atoms with Crippen LogP contribution in [0.15, 0.2) is 0 Å². The second-order valence-electron chi connectivity index (χ2n) is 4.40. The molecule has 1 aliphatic heterocycles. The average Bonchev–Trinajstić information content (AvgIpc) is 2.73. The highest BCUT2D eigenvalue weighted by atomic mass is 32.1. The van der Waals surface area contributed by atoms with Gasteiger partial charge in [0.2, 0.25) is 5.91 Å². The Kier molecular flexibility index (Phi) is 4.34. The van der Waals surface area contributed by atoms with Crippen molar-refractivity contribution in [2.75, 3.05) is 11.9 Å². The van der Waals surface area contributed by atoms with E-state index in [1.54, 1.807) is 0 Å². The molecule has 96 valence electrons. The fraction of sp³-hybridized carbons (Fsp3) is 0.538. The van der Waals surface area contributed by atoms with Crippen molar-refractivity contribution in [1.29, 1.82) is 5.26 Å². The summed E-state index contributed by atoms with van der Waals surface area (Å²) in [5.41, 5.74) is 1.79. The van der Waals surface area contributed by atoms with Crippen molar-refractivity contribution >= 4 is 22.2 Å². The van der Waals surface area contributed by atoms with Gasteiger partial charge in [0.25, 0.3) is 0 Å². The van der Waals surface area contributed by atoms with Crippen molar-refractivity contribution < 1.29 is 4.79 Å². The Bertz CT molecular complexity index is 487. The summed E-state index contributed by atoms with van der Waals surface area (Å²) in [5, 5.41) is 16.1. The molecule has 0 aliphatic carbocycles. The van der Waals surface area contributed by atoms with Gasteiger partial charge in [-0.2, -0.15) is 5.26 Å². The highest BCUT2D eigenvalue weighted by molar-refractivity contribution is 7.16. The first-order chi connectivity index (χ1) is 8.76. The Morgan fingerprint density at radius 2 is 2.44 bits per heavy atom. The zero-order valence-electron chi connectivity index (χ0n) is 10.5. The minimum Gasteiger partial charge on any atom is -0.317 e. The van der Waals surface area contributed by atoms with E-state index >= 15 is 0 Å². The van der Waals surface area contributed by atoms with Crippen molar-refractivity contribution in [3.05, 3.63) is 16.0 Å². The number of unbranched alkanes of at least 4 members (excludes halogenated alkanes) is 1. The van der Waals surface area contributed by atoms with Gasteiger partial charge < -0.3 is 10.6 Å². The molecule has 5 heteroatoms. The van der Waals surface area contributed by atoms with E-state index in [0.717, 1.165) is 42.9 Å². The van der Waals surface area contributed by atoms with E-state index in [1.165, 1.54) is 16.2 Å². The van der Waals surface area contributed by atoms with Crippen molar-refractivity contribution in [3.8, 4) is 6.07 Å². The topological polar surface area (TPSA) is 64.9 Å². The molecule has 2 N–H and O–H groups in total. The minimum absolute atomic E-state index is 0.0138. The molecule has 1 amide bonds. The second kappa shape index (κ2) is 5.98. The van der Waals surface area contributed by atoms with Gasteiger partial charge in [-0.3, -0.25) is 4.79 Å². The lowest BCUT2D eigenvalue weighted by atomic mass is 10.1. The number of amides is 1. The van der Waals surface area contributed by atoms with Crippen LogP contribution in [0.1, 0.15) is 42.2 Å². The summed E-state index contributed by atoms with van der Waals surface area (Å²) in [6.07, 6.45) is 3.30. The molecule has 0 saturated heterocycles. The quantitative estimate of drug-likeness (QED) is 0.876. The van der Waals surface area contributed by atoms with Gasteiger partial charge in [0.15, 0.2) is 0 Å². The minimum atomic E-state index is 0.0138. The Morgan fingerprint density at radius 3 is 3.17 bits per heavy atom. The first-order valence-corrected chi connectivity index (χ1v) is 7.13. The number of anilines is 1. The molecule has 0 atom stereocenters. The molecule has 0 spiro atoms. The number of thiophene rings is 1. The molecule has 18 heavy (non-hydrogen) atoms. The molecule has 1 aromatic heterocycles. The molecular weight excluding hydrogens is 246 g/mol. The number of rotatable bonds is 4. The van der Waals surface area contributed by atoms with Crippen molar-refractivity contribution in [3.63, 3.8) is 0 Å². The third-order valence-corrected chi connectivity index (χ3v) is 4.20. The van der Waals surface area contributed by atoms with Crippen LogP contribution in [0.3, 0.4) is 0 Å². The Hall–Kier alpha value is -1.38. The van der Waals surface area contributed by atoms with Gasteiger partial charge in [0.1, 0.15) is 11.1 Å². The van der Waals surface area contributed by atoms with Gasteiger partial charge in [-0.1, -0.05) is 13.3 Å². The zero-order valence-corrected chi connectivity index (χ0v) is 11.3. The Morgan fingerprint density at radius 1 is 1.61 bits per heavy atom. The van der Waals surface area contributed by atoms with Gasteiger partial charge in [-0.25, -0.2) is 0 Å². The number of nitrogens with zero attached hydrogens (tertiary/aromatic N) is 1. The molecule has 0 aromatic carbocycles. The molecule has 4 nitrogen and oxygen atoms in total. The summed E-state index contributed by atoms with van der Waals surface area (Å²) in [7, 11) is 0. The number of nitrogens with one attached hydrogen (secondary N) is 2. The van der Waals surface area contributed by atoms with Gasteiger partial charge in [0, 0.05) is 17.8 Å². The number of hydrogen-bond donors (Lipinski definition) is 2. The number of nitriles is 1. The third-order valence-electron chi connectivity index (χ3n) is 3.05. The molecule has 1 aromatic rings. The summed E-state index contributed by atoms with van der Waals surface area (Å²) in [5.74, 6) is 0.0138. The first kappa shape index (κ1) is 13.1. The molecule has 0 bridgehead atoms. The van der Waals surface area contributed by atoms with Crippen molar-refractivity contribution in [1.82, 2.24) is 5.32 Å². The number of carbonyl (C=O) groups excluding carboxylic acids is 1. The predicted octanol–water partition coefficient (Wildman–Crippen LogP) is 2.39. The normalized spacial score (nSPS) is 13.8. The van der Waals surface area contributed by atoms with E-state index < -0.39 is 0 Å². The monoisotopic (exact) mass is 263 g/mol. The molecule has 0 fully saturated rings. The van der Waals surface area contributed by atoms with E-state index in [-0.39, 0.29) is 5.91 Å². The molecule has 0 saturated carbocycles. The predicted molar refractivity (Wildman–Crippen MR) is 72.6 cm³/mol. The van der Waals surface area contributed by atoms with E-state index in [9.17, 15) is 10.1 Å². The number of fused-ring (bicyclic) bond motifs is 1.